The van der Waals surface area contributed by atoms with Crippen LogP contribution in [0.3, 0.4) is 0 Å². The van der Waals surface area contributed by atoms with Crippen molar-refractivity contribution in [1.29, 1.82) is 0 Å². The van der Waals surface area contributed by atoms with E-state index in [1.54, 1.807) is 17.1 Å². The summed E-state index contributed by atoms with van der Waals surface area (Å²) in [6, 6.07) is 6.99. The summed E-state index contributed by atoms with van der Waals surface area (Å²) in [6.45, 7) is 1.25. The Balaban J connectivity index is 1.50. The van der Waals surface area contributed by atoms with Gasteiger partial charge >= 0.3 is 0 Å². The topological polar surface area (TPSA) is 91.8 Å². The van der Waals surface area contributed by atoms with E-state index in [0.29, 0.717) is 36.0 Å². The summed E-state index contributed by atoms with van der Waals surface area (Å²) in [5.74, 6) is 0.748. The quantitative estimate of drug-likeness (QED) is 0.767. The van der Waals surface area contributed by atoms with Crippen molar-refractivity contribution in [2.24, 2.45) is 0 Å². The molecule has 0 radical (unpaired) electrons. The zero-order chi connectivity index (χ0) is 17.9. The number of aromatic amines is 1. The highest BCUT2D eigenvalue weighted by Gasteiger charge is 2.27. The van der Waals surface area contributed by atoms with Crippen LogP contribution in [0.5, 0.6) is 0 Å². The molecule has 1 fully saturated rings. The molecule has 0 aromatic carbocycles. The van der Waals surface area contributed by atoms with Crippen molar-refractivity contribution >= 4 is 17.2 Å². The van der Waals surface area contributed by atoms with Gasteiger partial charge < -0.3 is 9.88 Å². The lowest BCUT2D eigenvalue weighted by Crippen LogP contribution is -2.38. The van der Waals surface area contributed by atoms with E-state index in [1.807, 2.05) is 23.1 Å². The molecule has 0 unspecified atom stereocenters. The summed E-state index contributed by atoms with van der Waals surface area (Å²) in [5.41, 5.74) is 3.23. The van der Waals surface area contributed by atoms with E-state index in [2.05, 4.69) is 19.9 Å². The van der Waals surface area contributed by atoms with Gasteiger partial charge in [0.15, 0.2) is 0 Å². The van der Waals surface area contributed by atoms with Gasteiger partial charge in [0.1, 0.15) is 11.5 Å². The Hall–Kier alpha value is -2.87. The monoisotopic (exact) mass is 367 g/mol. The zero-order valence-electron chi connectivity index (χ0n) is 14.0. The third-order valence-corrected chi connectivity index (χ3v) is 5.09. The second-order valence-corrected chi connectivity index (χ2v) is 6.89. The molecule has 1 amide bonds. The van der Waals surface area contributed by atoms with Crippen LogP contribution in [0.15, 0.2) is 46.1 Å². The van der Waals surface area contributed by atoms with Gasteiger partial charge in [0.2, 0.25) is 0 Å². The van der Waals surface area contributed by atoms with Gasteiger partial charge in [0, 0.05) is 36.7 Å². The lowest BCUT2D eigenvalue weighted by atomic mass is 9.95. The van der Waals surface area contributed by atoms with E-state index in [9.17, 15) is 9.59 Å². The van der Waals surface area contributed by atoms with Crippen LogP contribution in [-0.4, -0.2) is 43.8 Å². The predicted molar refractivity (Wildman–Crippen MR) is 98.1 cm³/mol. The number of aromatic nitrogens is 4. The molecule has 132 valence electrons. The third kappa shape index (κ3) is 3.41. The molecule has 0 saturated carbocycles. The number of amides is 1. The van der Waals surface area contributed by atoms with Crippen LogP contribution in [0.4, 0.5) is 0 Å². The summed E-state index contributed by atoms with van der Waals surface area (Å²) in [5, 5.41) is 1.77. The van der Waals surface area contributed by atoms with Gasteiger partial charge in [0.05, 0.1) is 16.9 Å². The molecule has 1 N–H and O–H groups in total. The Bertz CT molecular complexity index is 947. The van der Waals surface area contributed by atoms with Gasteiger partial charge in [-0.15, -0.1) is 11.3 Å². The van der Waals surface area contributed by atoms with Crippen molar-refractivity contribution in [2.75, 3.05) is 13.1 Å². The molecule has 1 saturated heterocycles. The lowest BCUT2D eigenvalue weighted by Gasteiger charge is -2.31. The van der Waals surface area contributed by atoms with Gasteiger partial charge in [-0.1, -0.05) is 6.07 Å². The van der Waals surface area contributed by atoms with E-state index < -0.39 is 0 Å². The summed E-state index contributed by atoms with van der Waals surface area (Å²) >= 11 is 1.42. The molecule has 7 nitrogen and oxygen atoms in total. The number of carbonyl (C=O) groups is 1. The molecular weight excluding hydrogens is 350 g/mol. The van der Waals surface area contributed by atoms with Crippen LogP contribution in [-0.2, 0) is 0 Å². The van der Waals surface area contributed by atoms with Crippen molar-refractivity contribution in [2.45, 2.75) is 18.8 Å². The number of carbonyl (C=O) groups excluding carboxylic acids is 1. The molecule has 0 spiro atoms. The fraction of sp³-hybridized carbons (Fsp3) is 0.278. The highest BCUT2D eigenvalue weighted by atomic mass is 32.1. The van der Waals surface area contributed by atoms with E-state index in [-0.39, 0.29) is 17.4 Å². The number of H-pyrrole nitrogens is 1. The van der Waals surface area contributed by atoms with Crippen molar-refractivity contribution < 1.29 is 4.79 Å². The van der Waals surface area contributed by atoms with E-state index in [0.717, 1.165) is 12.8 Å². The number of thiazole rings is 1. The number of nitrogens with one attached hydrogen (secondary N) is 1. The average Bonchev–Trinajstić information content (AvgIpc) is 3.22. The van der Waals surface area contributed by atoms with Crippen LogP contribution in [0.1, 0.15) is 35.1 Å². The molecule has 26 heavy (non-hydrogen) atoms. The fourth-order valence-electron chi connectivity index (χ4n) is 3.15. The van der Waals surface area contributed by atoms with Crippen LogP contribution in [0, 0.1) is 0 Å². The van der Waals surface area contributed by atoms with Crippen molar-refractivity contribution in [3.8, 4) is 11.4 Å². The Kier molecular flexibility index (Phi) is 4.57. The maximum Gasteiger partial charge on any atom is 0.273 e. The first-order valence-electron chi connectivity index (χ1n) is 8.41. The van der Waals surface area contributed by atoms with Gasteiger partial charge in [-0.25, -0.2) is 9.97 Å². The number of nitrogens with zero attached hydrogens (tertiary/aromatic N) is 4. The Morgan fingerprint density at radius 2 is 2.04 bits per heavy atom. The van der Waals surface area contributed by atoms with Gasteiger partial charge in [-0.2, -0.15) is 0 Å². The summed E-state index contributed by atoms with van der Waals surface area (Å²) < 4.78 is 0. The fourth-order valence-corrected chi connectivity index (χ4v) is 3.68. The van der Waals surface area contributed by atoms with Gasteiger partial charge in [-0.05, 0) is 25.0 Å². The molecule has 0 bridgehead atoms. The molecule has 3 aromatic heterocycles. The largest absolute Gasteiger partial charge is 0.337 e. The highest BCUT2D eigenvalue weighted by Crippen LogP contribution is 2.27. The van der Waals surface area contributed by atoms with E-state index in [1.165, 1.54) is 17.4 Å². The zero-order valence-corrected chi connectivity index (χ0v) is 14.8. The molecule has 8 heteroatoms. The third-order valence-electron chi connectivity index (χ3n) is 4.51. The number of piperidine rings is 1. The predicted octanol–water partition coefficient (Wildman–Crippen LogP) is 2.31. The molecule has 3 aromatic rings. The molecule has 4 heterocycles. The number of likely N-dealkylation sites (tertiary alicyclic amines) is 1. The van der Waals surface area contributed by atoms with Crippen molar-refractivity contribution in [1.82, 2.24) is 24.8 Å². The highest BCUT2D eigenvalue weighted by molar-refractivity contribution is 7.07. The van der Waals surface area contributed by atoms with Crippen LogP contribution >= 0.6 is 11.3 Å². The average molecular weight is 367 g/mol. The minimum Gasteiger partial charge on any atom is -0.337 e. The number of hydrogen-bond donors (Lipinski definition) is 1. The van der Waals surface area contributed by atoms with Crippen LogP contribution in [0.25, 0.3) is 11.4 Å². The standard InChI is InChI=1S/C18H17N5O2S/c24-16-9-14(13-3-1-2-6-19-13)21-17(22-16)12-4-7-23(8-5-12)18(25)15-10-26-11-20-15/h1-3,6,9-12H,4-5,7-8H2,(H,21,22,24). The molecule has 0 atom stereocenters. The number of rotatable bonds is 3. The summed E-state index contributed by atoms with van der Waals surface area (Å²) in [4.78, 5) is 42.1. The van der Waals surface area contributed by atoms with Crippen molar-refractivity contribution in [3.63, 3.8) is 0 Å². The number of pyridine rings is 1. The smallest absolute Gasteiger partial charge is 0.273 e. The maximum atomic E-state index is 12.4. The SMILES string of the molecule is O=C(c1cscn1)N1CCC(c2nc(-c3ccccn3)cc(=O)[nH]2)CC1. The molecule has 0 aliphatic carbocycles. The molecular formula is C18H17N5O2S. The van der Waals surface area contributed by atoms with E-state index in [4.69, 9.17) is 0 Å². The maximum absolute atomic E-state index is 12.4. The van der Waals surface area contributed by atoms with Gasteiger partial charge in [0.25, 0.3) is 11.5 Å². The second kappa shape index (κ2) is 7.17. The minimum absolute atomic E-state index is 0.0339. The first-order chi connectivity index (χ1) is 12.7. The Morgan fingerprint density at radius 1 is 1.19 bits per heavy atom. The summed E-state index contributed by atoms with van der Waals surface area (Å²) in [7, 11) is 0. The number of hydrogen-bond acceptors (Lipinski definition) is 6. The van der Waals surface area contributed by atoms with Crippen molar-refractivity contribution in [3.05, 3.63) is 63.2 Å². The Labute approximate surface area is 153 Å². The Morgan fingerprint density at radius 3 is 2.73 bits per heavy atom. The lowest BCUT2D eigenvalue weighted by molar-refractivity contribution is 0.0706. The summed E-state index contributed by atoms with van der Waals surface area (Å²) in [6.07, 6.45) is 3.19. The first kappa shape index (κ1) is 16.6. The first-order valence-corrected chi connectivity index (χ1v) is 9.35. The second-order valence-electron chi connectivity index (χ2n) is 6.17. The van der Waals surface area contributed by atoms with Gasteiger partial charge in [-0.3, -0.25) is 14.6 Å². The normalized spacial score (nSPS) is 15.2. The van der Waals surface area contributed by atoms with E-state index >= 15 is 0 Å². The molecule has 1 aliphatic heterocycles. The van der Waals surface area contributed by atoms with Crippen LogP contribution in [0.2, 0.25) is 0 Å². The van der Waals surface area contributed by atoms with Crippen LogP contribution < -0.4 is 5.56 Å². The molecule has 1 aliphatic rings. The molecule has 4 rings (SSSR count). The minimum atomic E-state index is -0.184.